The number of aromatic hydroxyl groups is 1. The van der Waals surface area contributed by atoms with Gasteiger partial charge in [-0.3, -0.25) is 4.79 Å². The molecule has 1 heterocycles. The van der Waals surface area contributed by atoms with Gasteiger partial charge >= 0.3 is 5.97 Å². The van der Waals surface area contributed by atoms with E-state index in [-0.39, 0.29) is 11.5 Å². The summed E-state index contributed by atoms with van der Waals surface area (Å²) in [6.45, 7) is 14.8. The van der Waals surface area contributed by atoms with Gasteiger partial charge in [0.1, 0.15) is 17.1 Å². The van der Waals surface area contributed by atoms with Crippen molar-refractivity contribution in [3.63, 3.8) is 0 Å². The minimum Gasteiger partial charge on any atom is -0.507 e. The van der Waals surface area contributed by atoms with Gasteiger partial charge in [0.25, 0.3) is 0 Å². The van der Waals surface area contributed by atoms with Gasteiger partial charge in [0.2, 0.25) is 0 Å². The molecule has 0 aromatic heterocycles. The summed E-state index contributed by atoms with van der Waals surface area (Å²) < 4.78 is 6.58. The first-order valence-electron chi connectivity index (χ1n) is 13.2. The predicted molar refractivity (Wildman–Crippen MR) is 136 cm³/mol. The molecule has 1 unspecified atom stereocenters. The molecule has 0 radical (unpaired) electrons. The van der Waals surface area contributed by atoms with Crippen LogP contribution in [0, 0.1) is 38.5 Å². The Balaban J connectivity index is 1.70. The number of ether oxygens (including phenoxy) is 1. The smallest absolute Gasteiger partial charge is 0.306 e. The van der Waals surface area contributed by atoms with Crippen molar-refractivity contribution < 1.29 is 19.7 Å². The van der Waals surface area contributed by atoms with Crippen LogP contribution in [-0.4, -0.2) is 21.8 Å². The quantitative estimate of drug-likeness (QED) is 0.314. The molecule has 0 bridgehead atoms. The number of phenolic OH excluding ortho intramolecular Hbond substituents is 1. The lowest BCUT2D eigenvalue weighted by Gasteiger charge is -2.38. The molecule has 1 aliphatic rings. The lowest BCUT2D eigenvalue weighted by atomic mass is 9.84. The number of carboxylic acids is 1. The van der Waals surface area contributed by atoms with Gasteiger partial charge in [-0.25, -0.2) is 0 Å². The molecule has 2 N–H and O–H groups in total. The molecule has 1 aromatic rings. The number of phenols is 1. The number of benzene rings is 1. The highest BCUT2D eigenvalue weighted by Gasteiger charge is 2.34. The van der Waals surface area contributed by atoms with Gasteiger partial charge < -0.3 is 14.9 Å². The topological polar surface area (TPSA) is 66.8 Å². The van der Waals surface area contributed by atoms with Gasteiger partial charge in [-0.2, -0.15) is 0 Å². The number of aliphatic carboxylic acids is 1. The Bertz CT molecular complexity index is 800. The minimum absolute atomic E-state index is 0.116. The molecule has 0 aliphatic carbocycles. The van der Waals surface area contributed by atoms with Gasteiger partial charge in [0.15, 0.2) is 0 Å². The van der Waals surface area contributed by atoms with Crippen LogP contribution in [0.3, 0.4) is 0 Å². The molecule has 0 saturated carbocycles. The zero-order valence-corrected chi connectivity index (χ0v) is 22.2. The van der Waals surface area contributed by atoms with E-state index in [9.17, 15) is 9.90 Å². The number of hydrogen-bond acceptors (Lipinski definition) is 3. The normalized spacial score (nSPS) is 20.6. The van der Waals surface area contributed by atoms with Gasteiger partial charge in [-0.05, 0) is 88.3 Å². The maximum Gasteiger partial charge on any atom is 0.306 e. The highest BCUT2D eigenvalue weighted by molar-refractivity contribution is 5.69. The van der Waals surface area contributed by atoms with Crippen LogP contribution in [0.25, 0.3) is 0 Å². The Hall–Kier alpha value is -1.71. The van der Waals surface area contributed by atoms with E-state index in [1.165, 1.54) is 37.7 Å². The second kappa shape index (κ2) is 12.1. The maximum absolute atomic E-state index is 10.9. The highest BCUT2D eigenvalue weighted by Crippen LogP contribution is 2.44. The van der Waals surface area contributed by atoms with Gasteiger partial charge in [0, 0.05) is 5.56 Å². The van der Waals surface area contributed by atoms with Crippen molar-refractivity contribution in [3.05, 3.63) is 22.3 Å². The molecule has 0 spiro atoms. The lowest BCUT2D eigenvalue weighted by molar-refractivity contribution is -0.141. The highest BCUT2D eigenvalue weighted by atomic mass is 16.5. The Morgan fingerprint density at radius 1 is 0.909 bits per heavy atom. The van der Waals surface area contributed by atoms with E-state index >= 15 is 0 Å². The lowest BCUT2D eigenvalue weighted by Crippen LogP contribution is -2.37. The summed E-state index contributed by atoms with van der Waals surface area (Å²) in [6.07, 6.45) is 12.2. The Morgan fingerprint density at radius 2 is 1.45 bits per heavy atom. The fourth-order valence-corrected chi connectivity index (χ4v) is 5.29. The Kier molecular flexibility index (Phi) is 10.1. The summed E-state index contributed by atoms with van der Waals surface area (Å²) in [7, 11) is 0. The predicted octanol–water partition coefficient (Wildman–Crippen LogP) is 7.90. The molecule has 1 aromatic carbocycles. The van der Waals surface area contributed by atoms with E-state index in [0.717, 1.165) is 66.9 Å². The number of rotatable bonds is 13. The van der Waals surface area contributed by atoms with Crippen LogP contribution in [0.2, 0.25) is 0 Å². The van der Waals surface area contributed by atoms with Crippen molar-refractivity contribution in [3.8, 4) is 11.5 Å². The molecule has 0 saturated heterocycles. The fourth-order valence-electron chi connectivity index (χ4n) is 5.29. The maximum atomic E-state index is 10.9. The second-order valence-electron chi connectivity index (χ2n) is 11.3. The molecular weight excluding hydrogens is 412 g/mol. The molecule has 188 valence electrons. The van der Waals surface area contributed by atoms with Gasteiger partial charge in [0.05, 0.1) is 5.92 Å². The summed E-state index contributed by atoms with van der Waals surface area (Å²) in [5, 5.41) is 19.4. The third-order valence-electron chi connectivity index (χ3n) is 8.14. The Labute approximate surface area is 202 Å². The summed E-state index contributed by atoms with van der Waals surface area (Å²) in [5.74, 6) is 1.96. The summed E-state index contributed by atoms with van der Waals surface area (Å²) in [4.78, 5) is 10.9. The van der Waals surface area contributed by atoms with Crippen LogP contribution in [0.15, 0.2) is 0 Å². The Morgan fingerprint density at radius 3 is 2.03 bits per heavy atom. The average Bonchev–Trinajstić information content (AvgIpc) is 2.76. The van der Waals surface area contributed by atoms with Gasteiger partial charge in [-0.1, -0.05) is 59.3 Å². The largest absolute Gasteiger partial charge is 0.507 e. The molecular formula is C29H48O4. The van der Waals surface area contributed by atoms with E-state index < -0.39 is 5.97 Å². The van der Waals surface area contributed by atoms with E-state index in [1.54, 1.807) is 6.92 Å². The SMILES string of the molecule is Cc1c(C)c2c(c(C)c1O)CC[C@@](C)(CCC[C@H](C)CCC[C@H](C)CCCC(C)C(=O)O)O2. The van der Waals surface area contributed by atoms with Crippen molar-refractivity contribution in [2.24, 2.45) is 17.8 Å². The third kappa shape index (κ3) is 7.65. The van der Waals surface area contributed by atoms with Crippen molar-refractivity contribution in [1.29, 1.82) is 0 Å². The van der Waals surface area contributed by atoms with E-state index in [2.05, 4.69) is 27.7 Å². The van der Waals surface area contributed by atoms with Gasteiger partial charge in [-0.15, -0.1) is 0 Å². The number of carboxylic acid groups (broad SMARTS) is 1. The zero-order chi connectivity index (χ0) is 24.8. The van der Waals surface area contributed by atoms with Crippen molar-refractivity contribution >= 4 is 5.97 Å². The average molecular weight is 461 g/mol. The molecule has 2 rings (SSSR count). The second-order valence-corrected chi connectivity index (χ2v) is 11.3. The summed E-state index contributed by atoms with van der Waals surface area (Å²) >= 11 is 0. The monoisotopic (exact) mass is 460 g/mol. The summed E-state index contributed by atoms with van der Waals surface area (Å²) in [6, 6.07) is 0. The molecule has 0 fully saturated rings. The summed E-state index contributed by atoms with van der Waals surface area (Å²) in [5.41, 5.74) is 4.07. The van der Waals surface area contributed by atoms with Crippen LogP contribution >= 0.6 is 0 Å². The molecule has 0 amide bonds. The van der Waals surface area contributed by atoms with Crippen molar-refractivity contribution in [2.45, 2.75) is 125 Å². The first kappa shape index (κ1) is 27.5. The first-order chi connectivity index (χ1) is 15.4. The molecule has 4 atom stereocenters. The third-order valence-corrected chi connectivity index (χ3v) is 8.14. The minimum atomic E-state index is -0.673. The molecule has 33 heavy (non-hydrogen) atoms. The van der Waals surface area contributed by atoms with E-state index in [1.807, 2.05) is 13.8 Å². The molecule has 4 nitrogen and oxygen atoms in total. The number of fused-ring (bicyclic) bond motifs is 1. The van der Waals surface area contributed by atoms with Crippen LogP contribution in [0.4, 0.5) is 0 Å². The fraction of sp³-hybridized carbons (Fsp3) is 0.759. The standard InChI is InChI=1S/C29H48O4/c1-19(13-9-15-21(3)28(31)32)11-8-12-20(2)14-10-17-29(7)18-16-25-24(6)26(30)22(4)23(5)27(25)33-29/h19-21,30H,8-18H2,1-7H3,(H,31,32)/t19-,20+,21?,29+/m0/s1. The van der Waals surface area contributed by atoms with Crippen molar-refractivity contribution in [1.82, 2.24) is 0 Å². The number of carbonyl (C=O) groups is 1. The van der Waals surface area contributed by atoms with E-state index in [0.29, 0.717) is 11.7 Å². The van der Waals surface area contributed by atoms with Crippen LogP contribution in [0.1, 0.15) is 114 Å². The van der Waals surface area contributed by atoms with Crippen LogP contribution in [-0.2, 0) is 11.2 Å². The first-order valence-corrected chi connectivity index (χ1v) is 13.2. The zero-order valence-electron chi connectivity index (χ0n) is 22.2. The molecule has 1 aliphatic heterocycles. The number of hydrogen-bond donors (Lipinski definition) is 2. The van der Waals surface area contributed by atoms with Crippen LogP contribution in [0.5, 0.6) is 11.5 Å². The van der Waals surface area contributed by atoms with Crippen LogP contribution < -0.4 is 4.74 Å². The molecule has 4 heteroatoms. The van der Waals surface area contributed by atoms with E-state index in [4.69, 9.17) is 9.84 Å². The van der Waals surface area contributed by atoms with Crippen molar-refractivity contribution in [2.75, 3.05) is 0 Å².